The molecule has 0 spiro atoms. The van der Waals surface area contributed by atoms with Crippen LogP contribution in [0, 0.1) is 0 Å². The van der Waals surface area contributed by atoms with Crippen LogP contribution in [-0.4, -0.2) is 17.7 Å². The van der Waals surface area contributed by atoms with Gasteiger partial charge in [0.25, 0.3) is 5.91 Å². The summed E-state index contributed by atoms with van der Waals surface area (Å²) in [5.41, 5.74) is 1.93. The summed E-state index contributed by atoms with van der Waals surface area (Å²) in [6.45, 7) is 2.46. The summed E-state index contributed by atoms with van der Waals surface area (Å²) in [5.74, 6) is 0.527. The van der Waals surface area contributed by atoms with E-state index in [1.807, 2.05) is 13.0 Å². The number of amides is 1. The monoisotopic (exact) mass is 600 g/mol. The molecule has 11 heteroatoms. The van der Waals surface area contributed by atoms with Gasteiger partial charge in [0.05, 0.1) is 42.3 Å². The van der Waals surface area contributed by atoms with E-state index in [9.17, 15) is 4.79 Å². The van der Waals surface area contributed by atoms with Crippen LogP contribution in [0.4, 0.5) is 5.69 Å². The molecule has 0 bridgehead atoms. The number of nitrogens with one attached hydrogen (secondary N) is 1. The SMILES string of the molecule is CCOc1cc(/C=C2/SC(=Nc3cccc(Cl)c3Cl)NC2=O)cc(Cl)c1OCc1ccc(Cl)c(Cl)c1. The summed E-state index contributed by atoms with van der Waals surface area (Å²) < 4.78 is 11.7. The first kappa shape index (κ1) is 27.0. The van der Waals surface area contributed by atoms with E-state index in [-0.39, 0.29) is 12.5 Å². The fraction of sp³-hybridized carbons (Fsp3) is 0.120. The molecule has 1 N–H and O–H groups in total. The Morgan fingerprint density at radius 1 is 0.944 bits per heavy atom. The third-order valence-electron chi connectivity index (χ3n) is 4.80. The number of halogens is 5. The second-order valence-electron chi connectivity index (χ2n) is 7.35. The van der Waals surface area contributed by atoms with Crippen molar-refractivity contribution in [2.75, 3.05) is 6.61 Å². The molecule has 0 unspecified atom stereocenters. The van der Waals surface area contributed by atoms with Crippen molar-refractivity contribution in [2.24, 2.45) is 4.99 Å². The summed E-state index contributed by atoms with van der Waals surface area (Å²) in [4.78, 5) is 17.4. The van der Waals surface area contributed by atoms with Gasteiger partial charge in [-0.3, -0.25) is 4.79 Å². The molecule has 0 saturated carbocycles. The summed E-state index contributed by atoms with van der Waals surface area (Å²) in [7, 11) is 0. The van der Waals surface area contributed by atoms with Crippen molar-refractivity contribution in [3.05, 3.63) is 89.7 Å². The molecule has 1 aliphatic heterocycles. The first-order chi connectivity index (χ1) is 17.2. The van der Waals surface area contributed by atoms with E-state index in [0.29, 0.717) is 64.5 Å². The van der Waals surface area contributed by atoms with Gasteiger partial charge in [0.1, 0.15) is 6.61 Å². The molecule has 5 nitrogen and oxygen atoms in total. The number of aliphatic imine (C=N–C) groups is 1. The van der Waals surface area contributed by atoms with Gasteiger partial charge < -0.3 is 14.8 Å². The smallest absolute Gasteiger partial charge is 0.264 e. The zero-order valence-electron chi connectivity index (χ0n) is 18.6. The highest BCUT2D eigenvalue weighted by Gasteiger charge is 2.25. The summed E-state index contributed by atoms with van der Waals surface area (Å²) in [6.07, 6.45) is 1.69. The molecule has 0 aromatic heterocycles. The highest BCUT2D eigenvalue weighted by molar-refractivity contribution is 8.18. The molecule has 1 aliphatic rings. The van der Waals surface area contributed by atoms with Crippen molar-refractivity contribution in [3.8, 4) is 11.5 Å². The topological polar surface area (TPSA) is 59.9 Å². The van der Waals surface area contributed by atoms with E-state index in [1.165, 1.54) is 11.8 Å². The quantitative estimate of drug-likeness (QED) is 0.275. The number of carbonyl (C=O) groups is 1. The maximum atomic E-state index is 12.6. The molecule has 0 atom stereocenters. The van der Waals surface area contributed by atoms with Gasteiger partial charge in [-0.2, -0.15) is 0 Å². The zero-order valence-corrected chi connectivity index (χ0v) is 23.2. The Morgan fingerprint density at radius 3 is 2.50 bits per heavy atom. The molecule has 186 valence electrons. The van der Waals surface area contributed by atoms with Crippen LogP contribution in [0.5, 0.6) is 11.5 Å². The Kier molecular flexibility index (Phi) is 8.99. The lowest BCUT2D eigenvalue weighted by atomic mass is 10.1. The summed E-state index contributed by atoms with van der Waals surface area (Å²) in [6, 6.07) is 13.8. The summed E-state index contributed by atoms with van der Waals surface area (Å²) in [5, 5.41) is 5.02. The second-order valence-corrected chi connectivity index (χ2v) is 10.4. The maximum absolute atomic E-state index is 12.6. The van der Waals surface area contributed by atoms with Gasteiger partial charge in [0, 0.05) is 0 Å². The van der Waals surface area contributed by atoms with Gasteiger partial charge in [-0.1, -0.05) is 70.1 Å². The number of hydrogen-bond donors (Lipinski definition) is 1. The van der Waals surface area contributed by atoms with Crippen molar-refractivity contribution < 1.29 is 14.3 Å². The normalized spacial score (nSPS) is 15.4. The minimum absolute atomic E-state index is 0.210. The molecule has 36 heavy (non-hydrogen) atoms. The fourth-order valence-electron chi connectivity index (χ4n) is 3.18. The van der Waals surface area contributed by atoms with Crippen molar-refractivity contribution in [2.45, 2.75) is 13.5 Å². The Bertz CT molecular complexity index is 1390. The van der Waals surface area contributed by atoms with Gasteiger partial charge in [-0.05, 0) is 72.3 Å². The highest BCUT2D eigenvalue weighted by atomic mass is 35.5. The van der Waals surface area contributed by atoms with Gasteiger partial charge in [0.2, 0.25) is 0 Å². The van der Waals surface area contributed by atoms with Crippen LogP contribution in [-0.2, 0) is 11.4 Å². The Labute approximate surface area is 237 Å². The molecular formula is C25H17Cl5N2O3S. The third-order valence-corrected chi connectivity index (χ3v) is 7.54. The van der Waals surface area contributed by atoms with E-state index >= 15 is 0 Å². The molecular weight excluding hydrogens is 586 g/mol. The molecule has 3 aromatic carbocycles. The van der Waals surface area contributed by atoms with Crippen LogP contribution in [0.2, 0.25) is 25.1 Å². The number of rotatable bonds is 7. The predicted octanol–water partition coefficient (Wildman–Crippen LogP) is 8.82. The number of carbonyl (C=O) groups excluding carboxylic acids is 1. The Hall–Kier alpha value is -2.06. The molecule has 0 aliphatic carbocycles. The first-order valence-corrected chi connectivity index (χ1v) is 13.2. The number of benzene rings is 3. The molecule has 1 heterocycles. The Morgan fingerprint density at radius 2 is 1.75 bits per heavy atom. The van der Waals surface area contributed by atoms with Crippen LogP contribution in [0.25, 0.3) is 6.08 Å². The molecule has 1 fully saturated rings. The number of amidine groups is 1. The highest BCUT2D eigenvalue weighted by Crippen LogP contribution is 2.39. The Balaban J connectivity index is 1.57. The molecule has 1 amide bonds. The van der Waals surface area contributed by atoms with Crippen LogP contribution >= 0.6 is 69.8 Å². The lowest BCUT2D eigenvalue weighted by Gasteiger charge is -2.15. The van der Waals surface area contributed by atoms with E-state index in [2.05, 4.69) is 10.3 Å². The standard InChI is InChI=1S/C25H17Cl5N2O3S/c1-2-34-20-10-14(9-18(29)23(20)35-12-13-6-7-15(26)17(28)8-13)11-21-24(33)32-25(36-21)31-19-5-3-4-16(27)22(19)30/h3-11H,2,12H2,1H3,(H,31,32,33)/b21-11+. The molecule has 0 radical (unpaired) electrons. The van der Waals surface area contributed by atoms with E-state index in [1.54, 1.807) is 48.5 Å². The van der Waals surface area contributed by atoms with Crippen molar-refractivity contribution in [3.63, 3.8) is 0 Å². The third kappa shape index (κ3) is 6.43. The minimum atomic E-state index is -0.300. The average molecular weight is 603 g/mol. The average Bonchev–Trinajstić information content (AvgIpc) is 3.17. The minimum Gasteiger partial charge on any atom is -0.490 e. The van der Waals surface area contributed by atoms with Crippen LogP contribution in [0.15, 0.2) is 58.4 Å². The van der Waals surface area contributed by atoms with Crippen LogP contribution < -0.4 is 14.8 Å². The summed E-state index contributed by atoms with van der Waals surface area (Å²) >= 11 is 32.0. The molecule has 1 saturated heterocycles. The number of nitrogens with zero attached hydrogens (tertiary/aromatic N) is 1. The largest absolute Gasteiger partial charge is 0.490 e. The second kappa shape index (κ2) is 12.0. The lowest BCUT2D eigenvalue weighted by Crippen LogP contribution is -2.19. The first-order valence-electron chi connectivity index (χ1n) is 10.5. The van der Waals surface area contributed by atoms with E-state index < -0.39 is 0 Å². The van der Waals surface area contributed by atoms with E-state index in [4.69, 9.17) is 67.5 Å². The van der Waals surface area contributed by atoms with Crippen molar-refractivity contribution >= 4 is 92.6 Å². The van der Waals surface area contributed by atoms with Crippen molar-refractivity contribution in [1.82, 2.24) is 5.32 Å². The molecule has 3 aromatic rings. The predicted molar refractivity (Wildman–Crippen MR) is 151 cm³/mol. The fourth-order valence-corrected chi connectivity index (χ4v) is 4.95. The van der Waals surface area contributed by atoms with E-state index in [0.717, 1.165) is 5.56 Å². The van der Waals surface area contributed by atoms with Gasteiger partial charge in [0.15, 0.2) is 16.7 Å². The van der Waals surface area contributed by atoms with Crippen LogP contribution in [0.1, 0.15) is 18.1 Å². The zero-order chi connectivity index (χ0) is 25.8. The van der Waals surface area contributed by atoms with Crippen LogP contribution in [0.3, 0.4) is 0 Å². The number of thioether (sulfide) groups is 1. The molecule has 4 rings (SSSR count). The van der Waals surface area contributed by atoms with Gasteiger partial charge >= 0.3 is 0 Å². The lowest BCUT2D eigenvalue weighted by molar-refractivity contribution is -0.115. The number of hydrogen-bond acceptors (Lipinski definition) is 5. The van der Waals surface area contributed by atoms with Crippen molar-refractivity contribution in [1.29, 1.82) is 0 Å². The van der Waals surface area contributed by atoms with Gasteiger partial charge in [-0.25, -0.2) is 4.99 Å². The number of ether oxygens (including phenoxy) is 2. The maximum Gasteiger partial charge on any atom is 0.264 e. The van der Waals surface area contributed by atoms with Gasteiger partial charge in [-0.15, -0.1) is 0 Å².